The summed E-state index contributed by atoms with van der Waals surface area (Å²) in [7, 11) is 3.65. The van der Waals surface area contributed by atoms with E-state index in [0.29, 0.717) is 5.92 Å². The number of aromatic nitrogens is 1. The van der Waals surface area contributed by atoms with Crippen molar-refractivity contribution in [1.29, 1.82) is 0 Å². The predicted molar refractivity (Wildman–Crippen MR) is 85.0 cm³/mol. The molecule has 0 spiro atoms. The molecule has 0 saturated carbocycles. The van der Waals surface area contributed by atoms with Gasteiger partial charge in [-0.2, -0.15) is 0 Å². The van der Waals surface area contributed by atoms with Crippen molar-refractivity contribution < 1.29 is 4.79 Å². The molecule has 116 valence electrons. The van der Waals surface area contributed by atoms with Crippen LogP contribution in [0, 0.1) is 5.92 Å². The maximum absolute atomic E-state index is 12.4. The highest BCUT2D eigenvalue weighted by atomic mass is 16.2. The van der Waals surface area contributed by atoms with E-state index in [1.165, 1.54) is 5.56 Å². The molecule has 1 aliphatic carbocycles. The van der Waals surface area contributed by atoms with Crippen LogP contribution < -0.4 is 5.32 Å². The molecule has 2 rings (SSSR count). The first-order chi connectivity index (χ1) is 9.99. The van der Waals surface area contributed by atoms with Gasteiger partial charge in [-0.3, -0.25) is 15.1 Å². The first kappa shape index (κ1) is 16.0. The second-order valence-corrected chi connectivity index (χ2v) is 6.57. The lowest BCUT2D eigenvalue weighted by Crippen LogP contribution is -2.46. The molecule has 1 aromatic rings. The zero-order chi connectivity index (χ0) is 15.4. The van der Waals surface area contributed by atoms with Crippen LogP contribution in [-0.4, -0.2) is 35.9 Å². The zero-order valence-corrected chi connectivity index (χ0v) is 13.6. The summed E-state index contributed by atoms with van der Waals surface area (Å²) in [5, 5.41) is 3.57. The van der Waals surface area contributed by atoms with Gasteiger partial charge < -0.3 is 4.90 Å². The summed E-state index contributed by atoms with van der Waals surface area (Å²) in [6.07, 6.45) is 6.01. The number of likely N-dealkylation sites (N-methyl/N-ethyl adjacent to an activating group) is 1. The molecule has 0 saturated heterocycles. The van der Waals surface area contributed by atoms with Gasteiger partial charge in [-0.15, -0.1) is 0 Å². The van der Waals surface area contributed by atoms with Gasteiger partial charge >= 0.3 is 0 Å². The number of fused-ring (bicyclic) bond motifs is 1. The van der Waals surface area contributed by atoms with Gasteiger partial charge in [0.25, 0.3) is 0 Å². The molecule has 21 heavy (non-hydrogen) atoms. The molecule has 1 heterocycles. The van der Waals surface area contributed by atoms with Crippen LogP contribution in [-0.2, 0) is 11.2 Å². The van der Waals surface area contributed by atoms with Gasteiger partial charge in [-0.1, -0.05) is 19.9 Å². The van der Waals surface area contributed by atoms with Crippen molar-refractivity contribution >= 4 is 5.91 Å². The van der Waals surface area contributed by atoms with Crippen molar-refractivity contribution in [2.75, 3.05) is 14.1 Å². The number of rotatable bonds is 5. The van der Waals surface area contributed by atoms with Crippen molar-refractivity contribution in [2.24, 2.45) is 5.92 Å². The monoisotopic (exact) mass is 289 g/mol. The smallest absolute Gasteiger partial charge is 0.239 e. The molecule has 1 amide bonds. The molecular formula is C17H27N3O. The number of amides is 1. The number of nitrogens with one attached hydrogen (secondary N) is 1. The van der Waals surface area contributed by atoms with Crippen LogP contribution in [0.4, 0.5) is 0 Å². The summed E-state index contributed by atoms with van der Waals surface area (Å²) in [6, 6.07) is 4.22. The zero-order valence-electron chi connectivity index (χ0n) is 13.6. The summed E-state index contributed by atoms with van der Waals surface area (Å²) in [5.74, 6) is 0.643. The fourth-order valence-electron chi connectivity index (χ4n) is 3.04. The Bertz CT molecular complexity index is 485. The maximum atomic E-state index is 12.4. The SMILES string of the molecule is CC(C)CC(NC1CCCc2cccnc21)C(=O)N(C)C. The largest absolute Gasteiger partial charge is 0.347 e. The summed E-state index contributed by atoms with van der Waals surface area (Å²) in [5.41, 5.74) is 2.45. The van der Waals surface area contributed by atoms with E-state index in [2.05, 4.69) is 30.2 Å². The van der Waals surface area contributed by atoms with E-state index >= 15 is 0 Å². The third-order valence-corrected chi connectivity index (χ3v) is 4.04. The minimum Gasteiger partial charge on any atom is -0.347 e. The standard InChI is InChI=1S/C17H27N3O/c1-12(2)11-15(17(21)20(3)4)19-14-9-5-7-13-8-6-10-18-16(13)14/h6,8,10,12,14-15,19H,5,7,9,11H2,1-4H3. The number of nitrogens with zero attached hydrogens (tertiary/aromatic N) is 2. The van der Waals surface area contributed by atoms with E-state index in [4.69, 9.17) is 0 Å². The molecule has 1 aliphatic rings. The maximum Gasteiger partial charge on any atom is 0.239 e. The molecule has 0 bridgehead atoms. The van der Waals surface area contributed by atoms with Crippen molar-refractivity contribution in [3.05, 3.63) is 29.6 Å². The Hall–Kier alpha value is -1.42. The summed E-state index contributed by atoms with van der Waals surface area (Å²) >= 11 is 0. The van der Waals surface area contributed by atoms with Crippen LogP contribution >= 0.6 is 0 Å². The highest BCUT2D eigenvalue weighted by molar-refractivity contribution is 5.81. The van der Waals surface area contributed by atoms with Gasteiger partial charge in [0.2, 0.25) is 5.91 Å². The third kappa shape index (κ3) is 4.03. The average Bonchev–Trinajstić information content (AvgIpc) is 2.45. The minimum atomic E-state index is -0.127. The normalized spacial score (nSPS) is 19.2. The number of aryl methyl sites for hydroxylation is 1. The van der Waals surface area contributed by atoms with Crippen LogP contribution in [0.5, 0.6) is 0 Å². The Morgan fingerprint density at radius 1 is 1.48 bits per heavy atom. The van der Waals surface area contributed by atoms with Gasteiger partial charge in [0.05, 0.1) is 17.8 Å². The van der Waals surface area contributed by atoms with Crippen LogP contribution in [0.2, 0.25) is 0 Å². The molecule has 4 heteroatoms. The first-order valence-electron chi connectivity index (χ1n) is 7.90. The summed E-state index contributed by atoms with van der Waals surface area (Å²) in [4.78, 5) is 18.6. The van der Waals surface area contributed by atoms with Gasteiger partial charge in [-0.25, -0.2) is 0 Å². The Balaban J connectivity index is 2.15. The van der Waals surface area contributed by atoms with E-state index in [1.807, 2.05) is 26.4 Å². The average molecular weight is 289 g/mol. The van der Waals surface area contributed by atoms with Crippen molar-refractivity contribution in [1.82, 2.24) is 15.2 Å². The highest BCUT2D eigenvalue weighted by Crippen LogP contribution is 2.28. The fourth-order valence-corrected chi connectivity index (χ4v) is 3.04. The molecule has 0 aliphatic heterocycles. The van der Waals surface area contributed by atoms with Crippen LogP contribution in [0.3, 0.4) is 0 Å². The van der Waals surface area contributed by atoms with Gasteiger partial charge in [0.1, 0.15) is 0 Å². The number of pyridine rings is 1. The van der Waals surface area contributed by atoms with Crippen LogP contribution in [0.25, 0.3) is 0 Å². The van der Waals surface area contributed by atoms with E-state index in [0.717, 1.165) is 31.4 Å². The summed E-state index contributed by atoms with van der Waals surface area (Å²) in [6.45, 7) is 4.31. The van der Waals surface area contributed by atoms with E-state index in [-0.39, 0.29) is 18.0 Å². The Morgan fingerprint density at radius 3 is 2.90 bits per heavy atom. The number of carbonyl (C=O) groups is 1. The predicted octanol–water partition coefficient (Wildman–Crippen LogP) is 2.55. The Labute approximate surface area is 127 Å². The second-order valence-electron chi connectivity index (χ2n) is 6.57. The van der Waals surface area contributed by atoms with E-state index < -0.39 is 0 Å². The molecule has 1 aromatic heterocycles. The molecular weight excluding hydrogens is 262 g/mol. The van der Waals surface area contributed by atoms with Crippen LogP contribution in [0.15, 0.2) is 18.3 Å². The highest BCUT2D eigenvalue weighted by Gasteiger charge is 2.28. The Kier molecular flexibility index (Phi) is 5.34. The second kappa shape index (κ2) is 7.03. The molecule has 0 fully saturated rings. The van der Waals surface area contributed by atoms with Crippen molar-refractivity contribution in [3.8, 4) is 0 Å². The van der Waals surface area contributed by atoms with Gasteiger partial charge in [0.15, 0.2) is 0 Å². The lowest BCUT2D eigenvalue weighted by atomic mass is 9.90. The van der Waals surface area contributed by atoms with E-state index in [1.54, 1.807) is 4.90 Å². The van der Waals surface area contributed by atoms with Gasteiger partial charge in [-0.05, 0) is 43.2 Å². The molecule has 1 N–H and O–H groups in total. The van der Waals surface area contributed by atoms with Crippen LogP contribution in [0.1, 0.15) is 50.4 Å². The third-order valence-electron chi connectivity index (χ3n) is 4.04. The molecule has 0 aromatic carbocycles. The molecule has 4 nitrogen and oxygen atoms in total. The molecule has 2 atom stereocenters. The van der Waals surface area contributed by atoms with Crippen molar-refractivity contribution in [3.63, 3.8) is 0 Å². The Morgan fingerprint density at radius 2 is 2.24 bits per heavy atom. The number of carbonyl (C=O) groups excluding carboxylic acids is 1. The molecule has 0 radical (unpaired) electrons. The summed E-state index contributed by atoms with van der Waals surface area (Å²) < 4.78 is 0. The number of hydrogen-bond donors (Lipinski definition) is 1. The molecule has 2 unspecified atom stereocenters. The lowest BCUT2D eigenvalue weighted by molar-refractivity contribution is -0.131. The number of hydrogen-bond acceptors (Lipinski definition) is 3. The van der Waals surface area contributed by atoms with Gasteiger partial charge in [0, 0.05) is 20.3 Å². The first-order valence-corrected chi connectivity index (χ1v) is 7.90. The van der Waals surface area contributed by atoms with Crippen molar-refractivity contribution in [2.45, 2.75) is 51.6 Å². The fraction of sp³-hybridized carbons (Fsp3) is 0.647. The minimum absolute atomic E-state index is 0.127. The van der Waals surface area contributed by atoms with E-state index in [9.17, 15) is 4.79 Å². The quantitative estimate of drug-likeness (QED) is 0.906. The lowest BCUT2D eigenvalue weighted by Gasteiger charge is -2.31. The topological polar surface area (TPSA) is 45.2 Å².